The van der Waals surface area contributed by atoms with Crippen LogP contribution in [0.1, 0.15) is 27.2 Å². The van der Waals surface area contributed by atoms with E-state index >= 15 is 0 Å². The molecule has 0 atom stereocenters. The lowest BCUT2D eigenvalue weighted by molar-refractivity contribution is 0.408. The van der Waals surface area contributed by atoms with Gasteiger partial charge in [-0.1, -0.05) is 18.2 Å². The van der Waals surface area contributed by atoms with Gasteiger partial charge in [-0.25, -0.2) is 23.4 Å². The number of anilines is 1. The number of H-pyrrole nitrogens is 1. The fourth-order valence-corrected chi connectivity index (χ4v) is 6.27. The largest absolute Gasteiger partial charge is 0.344 e. The molecule has 1 aliphatic heterocycles. The number of rotatable bonds is 3. The second-order valence-electron chi connectivity index (χ2n) is 9.94. The van der Waals surface area contributed by atoms with Crippen LogP contribution in [0.2, 0.25) is 0 Å². The second-order valence-corrected chi connectivity index (χ2v) is 11.9. The van der Waals surface area contributed by atoms with E-state index in [0.717, 1.165) is 33.2 Å². The highest BCUT2D eigenvalue weighted by molar-refractivity contribution is 7.93. The lowest BCUT2D eigenvalue weighted by atomic mass is 10.1. The van der Waals surface area contributed by atoms with Crippen molar-refractivity contribution in [1.82, 2.24) is 24.5 Å². The molecular formula is C26H26N6O2S. The molecular weight excluding hydrogens is 460 g/mol. The maximum absolute atomic E-state index is 12.4. The van der Waals surface area contributed by atoms with Crippen LogP contribution < -0.4 is 4.31 Å². The topological polar surface area (TPSA) is 96.8 Å². The van der Waals surface area contributed by atoms with E-state index in [4.69, 9.17) is 4.98 Å². The molecule has 0 radical (unpaired) electrons. The molecule has 6 rings (SSSR count). The molecule has 178 valence electrons. The molecule has 5 aromatic rings. The Balaban J connectivity index is 1.44. The predicted octanol–water partition coefficient (Wildman–Crippen LogP) is 4.94. The number of sulfonamides is 1. The molecule has 0 aliphatic carbocycles. The molecule has 9 heteroatoms. The van der Waals surface area contributed by atoms with E-state index in [2.05, 4.69) is 52.4 Å². The van der Waals surface area contributed by atoms with Gasteiger partial charge in [0.2, 0.25) is 10.0 Å². The highest BCUT2D eigenvalue weighted by Crippen LogP contribution is 2.33. The van der Waals surface area contributed by atoms with Crippen LogP contribution in [0.25, 0.3) is 44.6 Å². The zero-order valence-corrected chi connectivity index (χ0v) is 20.7. The Hall–Kier alpha value is -3.72. The Labute approximate surface area is 203 Å². The van der Waals surface area contributed by atoms with Crippen molar-refractivity contribution >= 4 is 37.9 Å². The molecule has 1 N–H and O–H groups in total. The number of fused-ring (bicyclic) bond motifs is 2. The van der Waals surface area contributed by atoms with Gasteiger partial charge in [-0.15, -0.1) is 0 Å². The molecule has 0 saturated carbocycles. The van der Waals surface area contributed by atoms with Gasteiger partial charge in [-0.3, -0.25) is 4.31 Å². The number of nitrogens with one attached hydrogen (secondary N) is 1. The summed E-state index contributed by atoms with van der Waals surface area (Å²) in [5.41, 5.74) is 7.55. The number of aromatic amines is 1. The summed E-state index contributed by atoms with van der Waals surface area (Å²) >= 11 is 0. The summed E-state index contributed by atoms with van der Waals surface area (Å²) in [6, 6.07) is 13.7. The first kappa shape index (κ1) is 21.8. The Morgan fingerprint density at radius 1 is 1.03 bits per heavy atom. The van der Waals surface area contributed by atoms with Crippen molar-refractivity contribution in [2.24, 2.45) is 0 Å². The number of aromatic nitrogens is 5. The fourth-order valence-electron chi connectivity index (χ4n) is 4.71. The van der Waals surface area contributed by atoms with Crippen LogP contribution >= 0.6 is 0 Å². The van der Waals surface area contributed by atoms with E-state index in [0.29, 0.717) is 30.0 Å². The standard InChI is InChI=1S/C26H26N6O2S/c1-26(2,3)31-16-29-21-9-8-17(13-23(21)31)20-14-27-25-24(20)30-22(15-28-25)18-6-4-7-19(12-18)32-10-5-11-35(32,33)34/h4,6-9,12-16H,5,10-11H2,1-3H3,(H,27,28). The van der Waals surface area contributed by atoms with E-state index in [1.54, 1.807) is 6.20 Å². The lowest BCUT2D eigenvalue weighted by Gasteiger charge is -2.21. The first-order valence-electron chi connectivity index (χ1n) is 11.6. The molecule has 0 unspecified atom stereocenters. The molecule has 35 heavy (non-hydrogen) atoms. The normalized spacial score (nSPS) is 15.9. The van der Waals surface area contributed by atoms with Crippen LogP contribution in [0.4, 0.5) is 5.69 Å². The van der Waals surface area contributed by atoms with Gasteiger partial charge >= 0.3 is 0 Å². The molecule has 8 nitrogen and oxygen atoms in total. The van der Waals surface area contributed by atoms with Gasteiger partial charge in [-0.2, -0.15) is 0 Å². The highest BCUT2D eigenvalue weighted by atomic mass is 32.2. The van der Waals surface area contributed by atoms with Gasteiger partial charge < -0.3 is 9.55 Å². The number of hydrogen-bond donors (Lipinski definition) is 1. The first-order chi connectivity index (χ1) is 16.7. The lowest BCUT2D eigenvalue weighted by Crippen LogP contribution is -2.24. The van der Waals surface area contributed by atoms with E-state index in [1.165, 1.54) is 4.31 Å². The van der Waals surface area contributed by atoms with Gasteiger partial charge in [0.05, 0.1) is 40.7 Å². The third-order valence-electron chi connectivity index (χ3n) is 6.49. The molecule has 0 bridgehead atoms. The van der Waals surface area contributed by atoms with Gasteiger partial charge in [-0.05, 0) is 57.0 Å². The summed E-state index contributed by atoms with van der Waals surface area (Å²) in [4.78, 5) is 17.3. The summed E-state index contributed by atoms with van der Waals surface area (Å²) in [6.45, 7) is 6.98. The molecule has 1 aliphatic rings. The molecule has 2 aromatic carbocycles. The SMILES string of the molecule is CC(C)(C)n1cnc2ccc(-c3c[nH]c4ncc(-c5cccc(N6CCCS6(=O)=O)c5)nc34)cc21. The summed E-state index contributed by atoms with van der Waals surface area (Å²) < 4.78 is 28.5. The third kappa shape index (κ3) is 3.67. The number of imidazole rings is 1. The van der Waals surface area contributed by atoms with E-state index < -0.39 is 10.0 Å². The Morgan fingerprint density at radius 2 is 1.89 bits per heavy atom. The predicted molar refractivity (Wildman–Crippen MR) is 139 cm³/mol. The van der Waals surface area contributed by atoms with Gasteiger partial charge in [0, 0.05) is 29.4 Å². The van der Waals surface area contributed by atoms with Crippen molar-refractivity contribution < 1.29 is 8.42 Å². The molecule has 3 aromatic heterocycles. The first-order valence-corrected chi connectivity index (χ1v) is 13.2. The minimum atomic E-state index is -3.25. The van der Waals surface area contributed by atoms with Crippen molar-refractivity contribution in [3.8, 4) is 22.4 Å². The van der Waals surface area contributed by atoms with Crippen LogP contribution in [0, 0.1) is 0 Å². The maximum Gasteiger partial charge on any atom is 0.235 e. The Bertz CT molecular complexity index is 1690. The summed E-state index contributed by atoms with van der Waals surface area (Å²) in [5.74, 6) is 0.189. The minimum Gasteiger partial charge on any atom is -0.344 e. The van der Waals surface area contributed by atoms with Crippen molar-refractivity contribution in [3.63, 3.8) is 0 Å². The Morgan fingerprint density at radius 3 is 2.66 bits per heavy atom. The third-order valence-corrected chi connectivity index (χ3v) is 8.36. The molecule has 4 heterocycles. The molecule has 0 amide bonds. The second kappa shape index (κ2) is 7.64. The van der Waals surface area contributed by atoms with Crippen LogP contribution in [-0.4, -0.2) is 45.2 Å². The maximum atomic E-state index is 12.4. The van der Waals surface area contributed by atoms with Crippen LogP contribution in [0.5, 0.6) is 0 Å². The molecule has 1 saturated heterocycles. The quantitative estimate of drug-likeness (QED) is 0.390. The van der Waals surface area contributed by atoms with Gasteiger partial charge in [0.15, 0.2) is 5.65 Å². The summed E-state index contributed by atoms with van der Waals surface area (Å²) in [5, 5.41) is 0. The monoisotopic (exact) mass is 486 g/mol. The number of hydrogen-bond acceptors (Lipinski definition) is 5. The number of nitrogens with zero attached hydrogens (tertiary/aromatic N) is 5. The van der Waals surface area contributed by atoms with Crippen molar-refractivity contribution in [2.75, 3.05) is 16.6 Å². The van der Waals surface area contributed by atoms with E-state index in [-0.39, 0.29) is 11.3 Å². The van der Waals surface area contributed by atoms with E-state index in [1.807, 2.05) is 42.9 Å². The van der Waals surface area contributed by atoms with E-state index in [9.17, 15) is 8.42 Å². The van der Waals surface area contributed by atoms with Gasteiger partial charge in [0.1, 0.15) is 5.52 Å². The van der Waals surface area contributed by atoms with Crippen molar-refractivity contribution in [3.05, 3.63) is 61.2 Å². The van der Waals surface area contributed by atoms with Crippen molar-refractivity contribution in [1.29, 1.82) is 0 Å². The summed E-state index contributed by atoms with van der Waals surface area (Å²) in [7, 11) is -3.25. The summed E-state index contributed by atoms with van der Waals surface area (Å²) in [6.07, 6.45) is 6.18. The molecule has 1 fully saturated rings. The number of benzene rings is 2. The van der Waals surface area contributed by atoms with Crippen LogP contribution in [-0.2, 0) is 15.6 Å². The average Bonchev–Trinajstić information content (AvgIpc) is 3.53. The van der Waals surface area contributed by atoms with Crippen LogP contribution in [0.15, 0.2) is 61.2 Å². The zero-order chi connectivity index (χ0) is 24.4. The highest BCUT2D eigenvalue weighted by Gasteiger charge is 2.28. The average molecular weight is 487 g/mol. The van der Waals surface area contributed by atoms with Crippen molar-refractivity contribution in [2.45, 2.75) is 32.7 Å². The zero-order valence-electron chi connectivity index (χ0n) is 19.9. The Kier molecular flexibility index (Phi) is 4.76. The molecule has 0 spiro atoms. The van der Waals surface area contributed by atoms with Gasteiger partial charge in [0.25, 0.3) is 0 Å². The van der Waals surface area contributed by atoms with Crippen LogP contribution in [0.3, 0.4) is 0 Å². The fraction of sp³-hybridized carbons (Fsp3) is 0.269. The minimum absolute atomic E-state index is 0.0889. The smallest absolute Gasteiger partial charge is 0.235 e.